The summed E-state index contributed by atoms with van der Waals surface area (Å²) in [5, 5.41) is 0. The van der Waals surface area contributed by atoms with E-state index in [1.165, 1.54) is 0 Å². The van der Waals surface area contributed by atoms with Crippen LogP contribution in [0.3, 0.4) is 0 Å². The van der Waals surface area contributed by atoms with Crippen LogP contribution in [0.5, 0.6) is 0 Å². The van der Waals surface area contributed by atoms with Crippen LogP contribution in [0.15, 0.2) is 12.3 Å². The van der Waals surface area contributed by atoms with Crippen LogP contribution in [0.1, 0.15) is 19.8 Å². The van der Waals surface area contributed by atoms with Gasteiger partial charge in [-0.05, 0) is 12.5 Å². The number of carbonyl (C=O) groups is 1. The highest BCUT2D eigenvalue weighted by molar-refractivity contribution is 5.90. The minimum atomic E-state index is 0.255. The maximum atomic E-state index is 10.9. The van der Waals surface area contributed by atoms with Crippen molar-refractivity contribution >= 4 is 5.78 Å². The van der Waals surface area contributed by atoms with E-state index in [1.54, 1.807) is 6.08 Å². The third-order valence-corrected chi connectivity index (χ3v) is 1.98. The highest BCUT2D eigenvalue weighted by Crippen LogP contribution is 2.12. The standard InChI is InChI=1S/C8H13NO/c1-3-7-6-8(10)4-5-9(7)2/h4-5,7H,3,6H2,1-2H3. The number of nitrogens with zero attached hydrogens (tertiary/aromatic N) is 1. The third kappa shape index (κ3) is 1.38. The molecule has 1 heterocycles. The van der Waals surface area contributed by atoms with Crippen LogP contribution in [0.25, 0.3) is 0 Å². The lowest BCUT2D eigenvalue weighted by Gasteiger charge is -2.27. The van der Waals surface area contributed by atoms with E-state index in [-0.39, 0.29) is 5.78 Å². The van der Waals surface area contributed by atoms with Crippen LogP contribution in [-0.2, 0) is 4.79 Å². The number of allylic oxidation sites excluding steroid dienone is 1. The summed E-state index contributed by atoms with van der Waals surface area (Å²) < 4.78 is 0. The van der Waals surface area contributed by atoms with Crippen molar-refractivity contribution in [2.75, 3.05) is 7.05 Å². The summed E-state index contributed by atoms with van der Waals surface area (Å²) in [7, 11) is 2.01. The zero-order valence-corrected chi connectivity index (χ0v) is 6.50. The van der Waals surface area contributed by atoms with E-state index in [0.29, 0.717) is 12.5 Å². The first-order valence-corrected chi connectivity index (χ1v) is 3.67. The first-order valence-electron chi connectivity index (χ1n) is 3.67. The lowest BCUT2D eigenvalue weighted by Crippen LogP contribution is -2.31. The van der Waals surface area contributed by atoms with E-state index in [0.717, 1.165) is 6.42 Å². The van der Waals surface area contributed by atoms with Crippen molar-refractivity contribution in [3.63, 3.8) is 0 Å². The number of hydrogen-bond donors (Lipinski definition) is 0. The Morgan fingerprint density at radius 1 is 1.80 bits per heavy atom. The second-order valence-electron chi connectivity index (χ2n) is 2.71. The highest BCUT2D eigenvalue weighted by Gasteiger charge is 2.16. The molecule has 0 saturated heterocycles. The Labute approximate surface area is 61.5 Å². The fourth-order valence-corrected chi connectivity index (χ4v) is 1.20. The predicted octanol–water partition coefficient (Wildman–Crippen LogP) is 1.18. The molecular weight excluding hydrogens is 126 g/mol. The number of rotatable bonds is 1. The quantitative estimate of drug-likeness (QED) is 0.543. The molecule has 1 atom stereocenters. The van der Waals surface area contributed by atoms with Gasteiger partial charge in [0.1, 0.15) is 0 Å². The van der Waals surface area contributed by atoms with Crippen LogP contribution >= 0.6 is 0 Å². The third-order valence-electron chi connectivity index (χ3n) is 1.98. The fraction of sp³-hybridized carbons (Fsp3) is 0.625. The van der Waals surface area contributed by atoms with Crippen molar-refractivity contribution in [1.29, 1.82) is 0 Å². The molecule has 0 aromatic carbocycles. The summed E-state index contributed by atoms with van der Waals surface area (Å²) in [5.74, 6) is 0.255. The van der Waals surface area contributed by atoms with Gasteiger partial charge in [-0.3, -0.25) is 4.79 Å². The monoisotopic (exact) mass is 139 g/mol. The molecule has 0 N–H and O–H groups in total. The van der Waals surface area contributed by atoms with Gasteiger partial charge in [-0.2, -0.15) is 0 Å². The van der Waals surface area contributed by atoms with E-state index in [4.69, 9.17) is 0 Å². The fourth-order valence-electron chi connectivity index (χ4n) is 1.20. The molecule has 0 fully saturated rings. The van der Waals surface area contributed by atoms with Gasteiger partial charge in [0.2, 0.25) is 0 Å². The van der Waals surface area contributed by atoms with Crippen molar-refractivity contribution in [1.82, 2.24) is 4.90 Å². The zero-order valence-electron chi connectivity index (χ0n) is 6.50. The maximum Gasteiger partial charge on any atom is 0.159 e. The van der Waals surface area contributed by atoms with Gasteiger partial charge in [0, 0.05) is 25.7 Å². The van der Waals surface area contributed by atoms with Crippen LogP contribution in [0, 0.1) is 0 Å². The number of hydrogen-bond acceptors (Lipinski definition) is 2. The van der Waals surface area contributed by atoms with Gasteiger partial charge in [0.15, 0.2) is 5.78 Å². The molecular formula is C8H13NO. The first-order chi connectivity index (χ1) is 4.74. The molecule has 56 valence electrons. The van der Waals surface area contributed by atoms with Gasteiger partial charge in [-0.25, -0.2) is 0 Å². The van der Waals surface area contributed by atoms with Gasteiger partial charge in [-0.1, -0.05) is 6.92 Å². The smallest absolute Gasteiger partial charge is 0.159 e. The molecule has 0 aromatic heterocycles. The van der Waals surface area contributed by atoms with Crippen molar-refractivity contribution < 1.29 is 4.79 Å². The minimum absolute atomic E-state index is 0.255. The van der Waals surface area contributed by atoms with Gasteiger partial charge in [0.25, 0.3) is 0 Å². The topological polar surface area (TPSA) is 20.3 Å². The SMILES string of the molecule is CCC1CC(=O)C=CN1C. The van der Waals surface area contributed by atoms with Gasteiger partial charge < -0.3 is 4.90 Å². The normalized spacial score (nSPS) is 25.6. The predicted molar refractivity (Wildman–Crippen MR) is 40.6 cm³/mol. The molecule has 0 amide bonds. The molecule has 2 nitrogen and oxygen atoms in total. The largest absolute Gasteiger partial charge is 0.377 e. The summed E-state index contributed by atoms with van der Waals surface area (Å²) >= 11 is 0. The Bertz CT molecular complexity index is 163. The van der Waals surface area contributed by atoms with E-state index in [2.05, 4.69) is 11.8 Å². The molecule has 10 heavy (non-hydrogen) atoms. The molecule has 2 heteroatoms. The molecule has 0 bridgehead atoms. The second-order valence-corrected chi connectivity index (χ2v) is 2.71. The summed E-state index contributed by atoms with van der Waals surface area (Å²) in [5.41, 5.74) is 0. The van der Waals surface area contributed by atoms with E-state index < -0.39 is 0 Å². The Kier molecular flexibility index (Phi) is 2.10. The van der Waals surface area contributed by atoms with E-state index >= 15 is 0 Å². The average Bonchev–Trinajstić information content (AvgIpc) is 1.94. The Balaban J connectivity index is 2.62. The van der Waals surface area contributed by atoms with Crippen molar-refractivity contribution in [2.24, 2.45) is 0 Å². The summed E-state index contributed by atoms with van der Waals surface area (Å²) in [6, 6.07) is 0.428. The molecule has 1 aliphatic heterocycles. The number of ketones is 1. The maximum absolute atomic E-state index is 10.9. The first kappa shape index (κ1) is 7.32. The van der Waals surface area contributed by atoms with E-state index in [1.807, 2.05) is 13.2 Å². The molecule has 1 unspecified atom stereocenters. The summed E-state index contributed by atoms with van der Waals surface area (Å²) in [6.07, 6.45) is 5.24. The molecule has 0 aromatic rings. The molecule has 1 rings (SSSR count). The van der Waals surface area contributed by atoms with Gasteiger partial charge in [0.05, 0.1) is 0 Å². The Morgan fingerprint density at radius 2 is 2.50 bits per heavy atom. The van der Waals surface area contributed by atoms with Crippen LogP contribution in [0.4, 0.5) is 0 Å². The lowest BCUT2D eigenvalue weighted by molar-refractivity contribution is -0.116. The highest BCUT2D eigenvalue weighted by atomic mass is 16.1. The average molecular weight is 139 g/mol. The summed E-state index contributed by atoms with van der Waals surface area (Å²) in [4.78, 5) is 13.0. The van der Waals surface area contributed by atoms with Crippen molar-refractivity contribution in [3.8, 4) is 0 Å². The zero-order chi connectivity index (χ0) is 7.56. The van der Waals surface area contributed by atoms with Crippen molar-refractivity contribution in [3.05, 3.63) is 12.3 Å². The van der Waals surface area contributed by atoms with Crippen LogP contribution in [-0.4, -0.2) is 23.8 Å². The number of carbonyl (C=O) groups excluding carboxylic acids is 1. The van der Waals surface area contributed by atoms with E-state index in [9.17, 15) is 4.79 Å². The molecule has 0 spiro atoms. The molecule has 1 aliphatic rings. The van der Waals surface area contributed by atoms with Crippen LogP contribution < -0.4 is 0 Å². The lowest BCUT2D eigenvalue weighted by atomic mass is 10.0. The van der Waals surface area contributed by atoms with Crippen LogP contribution in [0.2, 0.25) is 0 Å². The Morgan fingerprint density at radius 3 is 3.00 bits per heavy atom. The van der Waals surface area contributed by atoms with Crippen molar-refractivity contribution in [2.45, 2.75) is 25.8 Å². The second kappa shape index (κ2) is 2.86. The summed E-state index contributed by atoms with van der Waals surface area (Å²) in [6.45, 7) is 2.10. The minimum Gasteiger partial charge on any atom is -0.377 e. The Hall–Kier alpha value is -0.790. The molecule has 0 aliphatic carbocycles. The van der Waals surface area contributed by atoms with Gasteiger partial charge >= 0.3 is 0 Å². The van der Waals surface area contributed by atoms with Gasteiger partial charge in [-0.15, -0.1) is 0 Å². The molecule has 0 radical (unpaired) electrons. The molecule has 0 saturated carbocycles.